The smallest absolute Gasteiger partial charge is 0.251 e. The minimum Gasteiger partial charge on any atom is -0.346 e. The Morgan fingerprint density at radius 2 is 1.83 bits per heavy atom. The van der Waals surface area contributed by atoms with Crippen molar-refractivity contribution < 1.29 is 9.59 Å². The second kappa shape index (κ2) is 7.18. The molecule has 24 heavy (non-hydrogen) atoms. The number of carbonyl (C=O) groups excluding carboxylic acids is 2. The normalized spacial score (nSPS) is 14.8. The molecule has 0 heterocycles. The number of benzene rings is 2. The summed E-state index contributed by atoms with van der Waals surface area (Å²) in [7, 11) is 0. The lowest BCUT2D eigenvalue weighted by molar-refractivity contribution is -0.117. The molecule has 4 nitrogen and oxygen atoms in total. The van der Waals surface area contributed by atoms with Gasteiger partial charge < -0.3 is 10.6 Å². The van der Waals surface area contributed by atoms with Gasteiger partial charge in [0.05, 0.1) is 6.04 Å². The summed E-state index contributed by atoms with van der Waals surface area (Å²) in [5.74, 6) is 0.168. The molecule has 1 aliphatic carbocycles. The van der Waals surface area contributed by atoms with E-state index in [1.807, 2.05) is 43.3 Å². The summed E-state index contributed by atoms with van der Waals surface area (Å²) in [6.45, 7) is 1.94. The van der Waals surface area contributed by atoms with Crippen LogP contribution in [0.1, 0.15) is 41.7 Å². The largest absolute Gasteiger partial charge is 0.346 e. The first-order valence-electron chi connectivity index (χ1n) is 8.00. The number of hydrogen-bond donors (Lipinski definition) is 2. The van der Waals surface area contributed by atoms with Crippen LogP contribution in [0, 0.1) is 5.92 Å². The van der Waals surface area contributed by atoms with E-state index in [-0.39, 0.29) is 23.8 Å². The van der Waals surface area contributed by atoms with Crippen LogP contribution < -0.4 is 10.6 Å². The van der Waals surface area contributed by atoms with E-state index in [0.717, 1.165) is 28.6 Å². The summed E-state index contributed by atoms with van der Waals surface area (Å²) in [5, 5.41) is 5.89. The molecule has 0 aliphatic heterocycles. The van der Waals surface area contributed by atoms with Crippen LogP contribution in [0.4, 0.5) is 5.69 Å². The van der Waals surface area contributed by atoms with Crippen molar-refractivity contribution in [2.45, 2.75) is 25.8 Å². The summed E-state index contributed by atoms with van der Waals surface area (Å²) in [6, 6.07) is 14.8. The van der Waals surface area contributed by atoms with E-state index >= 15 is 0 Å². The van der Waals surface area contributed by atoms with Crippen molar-refractivity contribution in [3.8, 4) is 0 Å². The van der Waals surface area contributed by atoms with E-state index in [1.165, 1.54) is 0 Å². The van der Waals surface area contributed by atoms with Crippen molar-refractivity contribution in [3.05, 3.63) is 64.1 Å². The molecule has 5 heteroatoms. The molecular formula is C19H19BrN2O2. The lowest BCUT2D eigenvalue weighted by atomic mass is 10.1. The molecule has 1 atom stereocenters. The van der Waals surface area contributed by atoms with Crippen molar-refractivity contribution in [2.75, 3.05) is 5.32 Å². The zero-order chi connectivity index (χ0) is 17.1. The maximum absolute atomic E-state index is 12.3. The number of hydrogen-bond acceptors (Lipinski definition) is 2. The molecule has 1 unspecified atom stereocenters. The Hall–Kier alpha value is -2.14. The Morgan fingerprint density at radius 3 is 2.46 bits per heavy atom. The molecular weight excluding hydrogens is 368 g/mol. The molecule has 0 aromatic heterocycles. The predicted molar refractivity (Wildman–Crippen MR) is 97.8 cm³/mol. The molecule has 1 fully saturated rings. The Labute approximate surface area is 149 Å². The van der Waals surface area contributed by atoms with Crippen molar-refractivity contribution >= 4 is 33.4 Å². The first-order valence-corrected chi connectivity index (χ1v) is 8.79. The monoisotopic (exact) mass is 386 g/mol. The zero-order valence-electron chi connectivity index (χ0n) is 13.4. The van der Waals surface area contributed by atoms with Crippen LogP contribution in [-0.2, 0) is 4.79 Å². The van der Waals surface area contributed by atoms with Crippen LogP contribution in [0.2, 0.25) is 0 Å². The summed E-state index contributed by atoms with van der Waals surface area (Å²) in [4.78, 5) is 24.0. The Bertz CT molecular complexity index is 754. The fraction of sp³-hybridized carbons (Fsp3) is 0.263. The van der Waals surface area contributed by atoms with Gasteiger partial charge in [-0.2, -0.15) is 0 Å². The average molecular weight is 387 g/mol. The van der Waals surface area contributed by atoms with Gasteiger partial charge in [0.1, 0.15) is 0 Å². The highest BCUT2D eigenvalue weighted by Crippen LogP contribution is 2.30. The van der Waals surface area contributed by atoms with Gasteiger partial charge in [-0.15, -0.1) is 0 Å². The fourth-order valence-electron chi connectivity index (χ4n) is 2.44. The fourth-order valence-corrected chi connectivity index (χ4v) is 2.84. The van der Waals surface area contributed by atoms with E-state index < -0.39 is 0 Å². The second-order valence-corrected chi connectivity index (χ2v) is 7.01. The average Bonchev–Trinajstić information content (AvgIpc) is 3.40. The van der Waals surface area contributed by atoms with Crippen LogP contribution >= 0.6 is 15.9 Å². The third-order valence-corrected chi connectivity index (χ3v) is 4.55. The van der Waals surface area contributed by atoms with Crippen molar-refractivity contribution in [3.63, 3.8) is 0 Å². The van der Waals surface area contributed by atoms with Gasteiger partial charge >= 0.3 is 0 Å². The topological polar surface area (TPSA) is 58.2 Å². The zero-order valence-corrected chi connectivity index (χ0v) is 15.0. The number of halogens is 1. The van der Waals surface area contributed by atoms with Crippen LogP contribution in [-0.4, -0.2) is 11.8 Å². The van der Waals surface area contributed by atoms with E-state index in [2.05, 4.69) is 26.6 Å². The Kier molecular flexibility index (Phi) is 5.00. The number of anilines is 1. The summed E-state index contributed by atoms with van der Waals surface area (Å²) < 4.78 is 0.874. The molecule has 1 aliphatic rings. The first kappa shape index (κ1) is 16.7. The van der Waals surface area contributed by atoms with Crippen molar-refractivity contribution in [1.29, 1.82) is 0 Å². The molecule has 3 rings (SSSR count). The SMILES string of the molecule is CC(NC(=O)c1cccc(Br)c1)c1ccc(NC(=O)C2CC2)cc1. The maximum Gasteiger partial charge on any atom is 0.251 e. The molecule has 2 N–H and O–H groups in total. The van der Waals surface area contributed by atoms with E-state index in [9.17, 15) is 9.59 Å². The lowest BCUT2D eigenvalue weighted by Crippen LogP contribution is -2.26. The van der Waals surface area contributed by atoms with Crippen LogP contribution in [0.3, 0.4) is 0 Å². The third-order valence-electron chi connectivity index (χ3n) is 4.06. The van der Waals surface area contributed by atoms with Gasteiger partial charge in [0, 0.05) is 21.6 Å². The quantitative estimate of drug-likeness (QED) is 0.804. The highest BCUT2D eigenvalue weighted by Gasteiger charge is 2.29. The van der Waals surface area contributed by atoms with E-state index in [1.54, 1.807) is 12.1 Å². The van der Waals surface area contributed by atoms with Crippen LogP contribution in [0.15, 0.2) is 53.0 Å². The predicted octanol–water partition coefficient (Wildman–Crippen LogP) is 4.29. The molecule has 1 saturated carbocycles. The Morgan fingerprint density at radius 1 is 1.12 bits per heavy atom. The minimum atomic E-state index is -0.121. The van der Waals surface area contributed by atoms with Gasteiger partial charge in [-0.3, -0.25) is 9.59 Å². The maximum atomic E-state index is 12.3. The number of nitrogens with one attached hydrogen (secondary N) is 2. The number of carbonyl (C=O) groups is 2. The van der Waals surface area contributed by atoms with Gasteiger partial charge in [-0.1, -0.05) is 34.1 Å². The summed E-state index contributed by atoms with van der Waals surface area (Å²) >= 11 is 3.37. The molecule has 0 radical (unpaired) electrons. The highest BCUT2D eigenvalue weighted by atomic mass is 79.9. The summed E-state index contributed by atoms with van der Waals surface area (Å²) in [6.07, 6.45) is 1.98. The molecule has 0 spiro atoms. The molecule has 2 amide bonds. The molecule has 0 bridgehead atoms. The number of amides is 2. The van der Waals surface area contributed by atoms with Crippen molar-refractivity contribution in [1.82, 2.24) is 5.32 Å². The lowest BCUT2D eigenvalue weighted by Gasteiger charge is -2.15. The first-order chi connectivity index (χ1) is 11.5. The van der Waals surface area contributed by atoms with Gasteiger partial charge in [-0.25, -0.2) is 0 Å². The third kappa shape index (κ3) is 4.23. The highest BCUT2D eigenvalue weighted by molar-refractivity contribution is 9.10. The van der Waals surface area contributed by atoms with Gasteiger partial charge in [0.2, 0.25) is 5.91 Å². The molecule has 0 saturated heterocycles. The van der Waals surface area contributed by atoms with E-state index in [0.29, 0.717) is 5.56 Å². The van der Waals surface area contributed by atoms with Crippen LogP contribution in [0.5, 0.6) is 0 Å². The van der Waals surface area contributed by atoms with E-state index in [4.69, 9.17) is 0 Å². The molecule has 2 aromatic rings. The number of rotatable bonds is 5. The van der Waals surface area contributed by atoms with Gasteiger partial charge in [0.15, 0.2) is 0 Å². The second-order valence-electron chi connectivity index (χ2n) is 6.09. The van der Waals surface area contributed by atoms with Crippen molar-refractivity contribution in [2.24, 2.45) is 5.92 Å². The standard InChI is InChI=1S/C19H19BrN2O2/c1-12(21-19(24)15-3-2-4-16(20)11-15)13-7-9-17(10-8-13)22-18(23)14-5-6-14/h2-4,7-12,14H,5-6H2,1H3,(H,21,24)(H,22,23). The van der Waals surface area contributed by atoms with Gasteiger partial charge in [0.25, 0.3) is 5.91 Å². The van der Waals surface area contributed by atoms with Gasteiger partial charge in [-0.05, 0) is 55.7 Å². The molecule has 124 valence electrons. The van der Waals surface area contributed by atoms with Crippen LogP contribution in [0.25, 0.3) is 0 Å². The molecule has 2 aromatic carbocycles. The minimum absolute atomic E-state index is 0.0961. The Balaban J connectivity index is 1.61. The summed E-state index contributed by atoms with van der Waals surface area (Å²) in [5.41, 5.74) is 2.40.